The molecule has 0 saturated heterocycles. The first-order valence-corrected chi connectivity index (χ1v) is 8.08. The first-order chi connectivity index (χ1) is 12.1. The molecular formula is C22H21N3. The minimum atomic E-state index is 0.639. The average molecular weight is 327 g/mol. The van der Waals surface area contributed by atoms with Crippen LogP contribution < -0.4 is 17.2 Å². The van der Waals surface area contributed by atoms with Gasteiger partial charge in [0, 0.05) is 17.1 Å². The predicted molar refractivity (Wildman–Crippen MR) is 110 cm³/mol. The molecule has 0 aliphatic heterocycles. The van der Waals surface area contributed by atoms with E-state index >= 15 is 0 Å². The smallest absolute Gasteiger partial charge is 0.0408 e. The standard InChI is InChI=1S/C22H21N3/c23-20-9-5-4-8-17(20)12-13-19-14-18(21(24)15-22(19)25)11-10-16-6-2-1-3-7-16/h1-15H,23-25H2/b11-10+,13-12-. The molecule has 0 atom stereocenters. The molecule has 3 nitrogen and oxygen atoms in total. The van der Waals surface area contributed by atoms with Crippen molar-refractivity contribution in [1.82, 2.24) is 0 Å². The molecule has 0 unspecified atom stereocenters. The van der Waals surface area contributed by atoms with Gasteiger partial charge < -0.3 is 17.2 Å². The lowest BCUT2D eigenvalue weighted by Gasteiger charge is -2.07. The van der Waals surface area contributed by atoms with Gasteiger partial charge in [0.05, 0.1) is 0 Å². The lowest BCUT2D eigenvalue weighted by atomic mass is 10.0. The van der Waals surface area contributed by atoms with Crippen LogP contribution in [0.5, 0.6) is 0 Å². The molecular weight excluding hydrogens is 306 g/mol. The lowest BCUT2D eigenvalue weighted by molar-refractivity contribution is 1.59. The van der Waals surface area contributed by atoms with Crippen LogP contribution in [0.1, 0.15) is 22.3 Å². The van der Waals surface area contributed by atoms with E-state index in [-0.39, 0.29) is 0 Å². The Hall–Kier alpha value is -3.46. The van der Waals surface area contributed by atoms with Crippen molar-refractivity contribution in [3.05, 3.63) is 89.0 Å². The van der Waals surface area contributed by atoms with Crippen LogP contribution in [0.4, 0.5) is 17.1 Å². The Balaban J connectivity index is 1.91. The van der Waals surface area contributed by atoms with Crippen LogP contribution in [-0.4, -0.2) is 0 Å². The first-order valence-electron chi connectivity index (χ1n) is 8.08. The summed E-state index contributed by atoms with van der Waals surface area (Å²) in [5, 5.41) is 0. The van der Waals surface area contributed by atoms with Crippen molar-refractivity contribution in [3.63, 3.8) is 0 Å². The summed E-state index contributed by atoms with van der Waals surface area (Å²) in [4.78, 5) is 0. The predicted octanol–water partition coefficient (Wildman–Crippen LogP) is 4.77. The third-order valence-corrected chi connectivity index (χ3v) is 3.98. The van der Waals surface area contributed by atoms with Crippen LogP contribution >= 0.6 is 0 Å². The van der Waals surface area contributed by atoms with Gasteiger partial charge in [-0.05, 0) is 40.5 Å². The van der Waals surface area contributed by atoms with Crippen LogP contribution in [0.15, 0.2) is 66.7 Å². The second kappa shape index (κ2) is 7.41. The number of benzene rings is 3. The fourth-order valence-electron chi connectivity index (χ4n) is 2.55. The Labute approximate surface area is 148 Å². The summed E-state index contributed by atoms with van der Waals surface area (Å²) >= 11 is 0. The zero-order valence-electron chi connectivity index (χ0n) is 13.9. The van der Waals surface area contributed by atoms with E-state index < -0.39 is 0 Å². The lowest BCUT2D eigenvalue weighted by Crippen LogP contribution is -1.96. The highest BCUT2D eigenvalue weighted by molar-refractivity contribution is 5.85. The van der Waals surface area contributed by atoms with Gasteiger partial charge in [0.15, 0.2) is 0 Å². The van der Waals surface area contributed by atoms with Crippen LogP contribution in [0, 0.1) is 0 Å². The van der Waals surface area contributed by atoms with Crippen molar-refractivity contribution < 1.29 is 0 Å². The number of nitrogens with two attached hydrogens (primary N) is 3. The van der Waals surface area contributed by atoms with Crippen molar-refractivity contribution in [3.8, 4) is 0 Å². The maximum Gasteiger partial charge on any atom is 0.0408 e. The van der Waals surface area contributed by atoms with E-state index in [2.05, 4.69) is 0 Å². The van der Waals surface area contributed by atoms with Gasteiger partial charge in [-0.1, -0.05) is 72.8 Å². The Morgan fingerprint density at radius 3 is 1.72 bits per heavy atom. The molecule has 0 radical (unpaired) electrons. The van der Waals surface area contributed by atoms with Crippen molar-refractivity contribution in [2.45, 2.75) is 0 Å². The average Bonchev–Trinajstić information content (AvgIpc) is 2.62. The van der Waals surface area contributed by atoms with E-state index in [4.69, 9.17) is 17.2 Å². The Kier molecular flexibility index (Phi) is 4.86. The van der Waals surface area contributed by atoms with Gasteiger partial charge in [-0.25, -0.2) is 0 Å². The minimum absolute atomic E-state index is 0.639. The minimum Gasteiger partial charge on any atom is -0.398 e. The summed E-state index contributed by atoms with van der Waals surface area (Å²) in [5.41, 5.74) is 24.1. The van der Waals surface area contributed by atoms with Gasteiger partial charge in [0.25, 0.3) is 0 Å². The zero-order valence-corrected chi connectivity index (χ0v) is 13.9. The van der Waals surface area contributed by atoms with Gasteiger partial charge >= 0.3 is 0 Å². The Morgan fingerprint density at radius 1 is 0.480 bits per heavy atom. The van der Waals surface area contributed by atoms with E-state index in [0.717, 1.165) is 27.9 Å². The number of hydrogen-bond acceptors (Lipinski definition) is 3. The maximum absolute atomic E-state index is 6.11. The van der Waals surface area contributed by atoms with E-state index in [0.29, 0.717) is 11.4 Å². The topological polar surface area (TPSA) is 78.1 Å². The quantitative estimate of drug-likeness (QED) is 0.477. The van der Waals surface area contributed by atoms with Gasteiger partial charge in [0.2, 0.25) is 0 Å². The number of hydrogen-bond donors (Lipinski definition) is 3. The van der Waals surface area contributed by atoms with E-state index in [9.17, 15) is 0 Å². The van der Waals surface area contributed by atoms with Crippen LogP contribution in [0.3, 0.4) is 0 Å². The summed E-state index contributed by atoms with van der Waals surface area (Å²) in [5.74, 6) is 0. The molecule has 3 aromatic carbocycles. The number of nitrogen functional groups attached to an aromatic ring is 3. The molecule has 124 valence electrons. The van der Waals surface area contributed by atoms with Gasteiger partial charge in [0.1, 0.15) is 0 Å². The first kappa shape index (κ1) is 16.4. The summed E-state index contributed by atoms with van der Waals surface area (Å²) in [7, 11) is 0. The summed E-state index contributed by atoms with van der Waals surface area (Å²) < 4.78 is 0. The summed E-state index contributed by atoms with van der Waals surface area (Å²) in [6, 6.07) is 21.6. The number of anilines is 3. The largest absolute Gasteiger partial charge is 0.398 e. The molecule has 0 fully saturated rings. The molecule has 0 aliphatic rings. The molecule has 0 heterocycles. The Morgan fingerprint density at radius 2 is 1.04 bits per heavy atom. The Bertz CT molecular complexity index is 925. The van der Waals surface area contributed by atoms with Crippen LogP contribution in [0.2, 0.25) is 0 Å². The summed E-state index contributed by atoms with van der Waals surface area (Å²) in [6.45, 7) is 0. The molecule has 3 rings (SSSR count). The maximum atomic E-state index is 6.11. The van der Waals surface area contributed by atoms with Gasteiger partial charge in [-0.3, -0.25) is 0 Å². The molecule has 25 heavy (non-hydrogen) atoms. The monoisotopic (exact) mass is 327 g/mol. The molecule has 0 aromatic heterocycles. The van der Waals surface area contributed by atoms with Crippen molar-refractivity contribution in [2.75, 3.05) is 17.2 Å². The molecule has 6 N–H and O–H groups in total. The van der Waals surface area contributed by atoms with Crippen molar-refractivity contribution in [1.29, 1.82) is 0 Å². The molecule has 0 amide bonds. The van der Waals surface area contributed by atoms with Gasteiger partial charge in [-0.2, -0.15) is 0 Å². The van der Waals surface area contributed by atoms with E-state index in [1.807, 2.05) is 85.0 Å². The highest BCUT2D eigenvalue weighted by Crippen LogP contribution is 2.25. The zero-order chi connectivity index (χ0) is 17.6. The molecule has 3 aromatic rings. The molecule has 0 aliphatic carbocycles. The molecule has 0 spiro atoms. The highest BCUT2D eigenvalue weighted by Gasteiger charge is 2.02. The molecule has 3 heteroatoms. The van der Waals surface area contributed by atoms with Gasteiger partial charge in [-0.15, -0.1) is 0 Å². The molecule has 0 saturated carbocycles. The molecule has 0 bridgehead atoms. The number of rotatable bonds is 4. The fraction of sp³-hybridized carbons (Fsp3) is 0. The normalized spacial score (nSPS) is 11.4. The van der Waals surface area contributed by atoms with Crippen LogP contribution in [0.25, 0.3) is 24.3 Å². The van der Waals surface area contributed by atoms with E-state index in [1.54, 1.807) is 6.07 Å². The summed E-state index contributed by atoms with van der Waals surface area (Å²) in [6.07, 6.45) is 7.95. The third-order valence-electron chi connectivity index (χ3n) is 3.98. The van der Waals surface area contributed by atoms with Crippen LogP contribution in [-0.2, 0) is 0 Å². The van der Waals surface area contributed by atoms with Crippen molar-refractivity contribution in [2.24, 2.45) is 0 Å². The number of para-hydroxylation sites is 1. The third kappa shape index (κ3) is 4.09. The second-order valence-electron chi connectivity index (χ2n) is 5.82. The van der Waals surface area contributed by atoms with Crippen molar-refractivity contribution >= 4 is 41.4 Å². The highest BCUT2D eigenvalue weighted by atomic mass is 14.6. The second-order valence-corrected chi connectivity index (χ2v) is 5.82. The fourth-order valence-corrected chi connectivity index (χ4v) is 2.55. The SMILES string of the molecule is Nc1ccccc1/C=C\c1cc(/C=C/c2ccccc2)c(N)cc1N. The van der Waals surface area contributed by atoms with E-state index in [1.165, 1.54) is 0 Å².